The SMILES string of the molecule is COc1cccc(-c2cnc3[nH]cc(/C=C(\C#N)C(=O)N[C@H](C)c4ccc(OC)c(OC)c4)c3c2)c1. The van der Waals surface area contributed by atoms with Crippen LogP contribution in [0.1, 0.15) is 24.1 Å². The number of nitriles is 1. The predicted molar refractivity (Wildman–Crippen MR) is 138 cm³/mol. The maximum absolute atomic E-state index is 13.0. The van der Waals surface area contributed by atoms with Crippen molar-refractivity contribution in [2.75, 3.05) is 21.3 Å². The van der Waals surface area contributed by atoms with Gasteiger partial charge in [0.05, 0.1) is 27.4 Å². The van der Waals surface area contributed by atoms with Crippen molar-refractivity contribution in [2.24, 2.45) is 0 Å². The fourth-order valence-electron chi connectivity index (χ4n) is 3.89. The molecule has 0 aliphatic rings. The van der Waals surface area contributed by atoms with Crippen LogP contribution in [0.3, 0.4) is 0 Å². The Morgan fingerprint density at radius 3 is 2.58 bits per heavy atom. The summed E-state index contributed by atoms with van der Waals surface area (Å²) in [6.07, 6.45) is 5.06. The molecule has 2 N–H and O–H groups in total. The zero-order chi connectivity index (χ0) is 25.7. The molecule has 0 unspecified atom stereocenters. The summed E-state index contributed by atoms with van der Waals surface area (Å²) in [7, 11) is 4.74. The second-order valence-corrected chi connectivity index (χ2v) is 8.08. The number of benzene rings is 2. The maximum Gasteiger partial charge on any atom is 0.262 e. The number of ether oxygens (including phenoxy) is 3. The molecule has 0 saturated heterocycles. The highest BCUT2D eigenvalue weighted by atomic mass is 16.5. The molecule has 4 rings (SSSR count). The van der Waals surface area contributed by atoms with Crippen LogP contribution in [0.4, 0.5) is 0 Å². The van der Waals surface area contributed by atoms with Crippen LogP contribution in [0, 0.1) is 11.3 Å². The maximum atomic E-state index is 13.0. The summed E-state index contributed by atoms with van der Waals surface area (Å²) in [4.78, 5) is 20.6. The molecule has 4 aromatic rings. The fraction of sp³-hybridized carbons (Fsp3) is 0.179. The molecule has 0 spiro atoms. The van der Waals surface area contributed by atoms with E-state index in [1.165, 1.54) is 0 Å². The monoisotopic (exact) mass is 482 g/mol. The van der Waals surface area contributed by atoms with Crippen molar-refractivity contribution >= 4 is 23.0 Å². The topological polar surface area (TPSA) is 109 Å². The molecule has 8 heteroatoms. The van der Waals surface area contributed by atoms with E-state index in [-0.39, 0.29) is 11.6 Å². The van der Waals surface area contributed by atoms with E-state index in [1.54, 1.807) is 51.9 Å². The highest BCUT2D eigenvalue weighted by molar-refractivity contribution is 6.04. The molecule has 0 fully saturated rings. The number of nitrogens with one attached hydrogen (secondary N) is 2. The van der Waals surface area contributed by atoms with Gasteiger partial charge in [-0.05, 0) is 54.5 Å². The summed E-state index contributed by atoms with van der Waals surface area (Å²) in [5.74, 6) is 1.42. The number of hydrogen-bond acceptors (Lipinski definition) is 6. The van der Waals surface area contributed by atoms with Crippen LogP contribution in [0.2, 0.25) is 0 Å². The van der Waals surface area contributed by atoms with E-state index in [1.807, 2.05) is 49.4 Å². The number of H-pyrrole nitrogens is 1. The van der Waals surface area contributed by atoms with Crippen molar-refractivity contribution in [3.63, 3.8) is 0 Å². The van der Waals surface area contributed by atoms with Crippen molar-refractivity contribution in [1.29, 1.82) is 5.26 Å². The molecule has 2 heterocycles. The third-order valence-corrected chi connectivity index (χ3v) is 5.89. The van der Waals surface area contributed by atoms with Crippen LogP contribution < -0.4 is 19.5 Å². The molecule has 0 radical (unpaired) electrons. The Labute approximate surface area is 209 Å². The number of aromatic nitrogens is 2. The average Bonchev–Trinajstić information content (AvgIpc) is 3.32. The lowest BCUT2D eigenvalue weighted by Gasteiger charge is -2.16. The van der Waals surface area contributed by atoms with E-state index in [0.29, 0.717) is 22.7 Å². The lowest BCUT2D eigenvalue weighted by molar-refractivity contribution is -0.117. The summed E-state index contributed by atoms with van der Waals surface area (Å²) in [5, 5.41) is 13.4. The normalized spacial score (nSPS) is 12.0. The number of carbonyl (C=O) groups excluding carboxylic acids is 1. The zero-order valence-electron chi connectivity index (χ0n) is 20.5. The van der Waals surface area contributed by atoms with Crippen LogP contribution in [0.25, 0.3) is 28.2 Å². The lowest BCUT2D eigenvalue weighted by atomic mass is 10.0. The van der Waals surface area contributed by atoms with E-state index < -0.39 is 5.91 Å². The third-order valence-electron chi connectivity index (χ3n) is 5.89. The van der Waals surface area contributed by atoms with Gasteiger partial charge in [-0.25, -0.2) is 4.98 Å². The van der Waals surface area contributed by atoms with Crippen LogP contribution in [-0.2, 0) is 4.79 Å². The lowest BCUT2D eigenvalue weighted by Crippen LogP contribution is -2.27. The smallest absolute Gasteiger partial charge is 0.262 e. The predicted octanol–water partition coefficient (Wildman–Crippen LogP) is 5.04. The van der Waals surface area contributed by atoms with Gasteiger partial charge in [0.25, 0.3) is 5.91 Å². The molecule has 8 nitrogen and oxygen atoms in total. The summed E-state index contributed by atoms with van der Waals surface area (Å²) in [5.41, 5.74) is 3.98. The van der Waals surface area contributed by atoms with E-state index in [4.69, 9.17) is 14.2 Å². The van der Waals surface area contributed by atoms with Gasteiger partial charge < -0.3 is 24.5 Å². The van der Waals surface area contributed by atoms with Crippen molar-refractivity contribution in [1.82, 2.24) is 15.3 Å². The van der Waals surface area contributed by atoms with Gasteiger partial charge in [0.15, 0.2) is 11.5 Å². The van der Waals surface area contributed by atoms with Crippen LogP contribution in [-0.4, -0.2) is 37.2 Å². The molecule has 2 aromatic heterocycles. The first-order valence-corrected chi connectivity index (χ1v) is 11.2. The summed E-state index contributed by atoms with van der Waals surface area (Å²) < 4.78 is 15.9. The molecule has 0 bridgehead atoms. The number of fused-ring (bicyclic) bond motifs is 1. The van der Waals surface area contributed by atoms with Crippen LogP contribution in [0.15, 0.2) is 66.5 Å². The fourth-order valence-corrected chi connectivity index (χ4v) is 3.89. The van der Waals surface area contributed by atoms with E-state index >= 15 is 0 Å². The Morgan fingerprint density at radius 1 is 1.06 bits per heavy atom. The second kappa shape index (κ2) is 10.7. The van der Waals surface area contributed by atoms with Gasteiger partial charge in [-0.2, -0.15) is 5.26 Å². The Hall–Kier alpha value is -4.77. The number of rotatable bonds is 8. The zero-order valence-corrected chi connectivity index (χ0v) is 20.5. The van der Waals surface area contributed by atoms with E-state index in [0.717, 1.165) is 27.8 Å². The van der Waals surface area contributed by atoms with Crippen LogP contribution in [0.5, 0.6) is 17.2 Å². The standard InChI is InChI=1S/C28H26N4O4/c1-17(18-8-9-25(35-3)26(13-18)36-4)32-28(33)20(14-29)10-22-16-31-27-24(22)12-21(15-30-27)19-6-5-7-23(11-19)34-2/h5-13,15-17H,1-4H3,(H,30,31)(H,32,33)/b20-10+/t17-/m1/s1. The quantitative estimate of drug-likeness (QED) is 0.269. The van der Waals surface area contributed by atoms with Gasteiger partial charge in [0.2, 0.25) is 0 Å². The molecule has 0 saturated carbocycles. The van der Waals surface area contributed by atoms with Crippen molar-refractivity contribution < 1.29 is 19.0 Å². The Kier molecular flexibility index (Phi) is 7.21. The van der Waals surface area contributed by atoms with Gasteiger partial charge in [-0.15, -0.1) is 0 Å². The van der Waals surface area contributed by atoms with Gasteiger partial charge in [-0.1, -0.05) is 18.2 Å². The summed E-state index contributed by atoms with van der Waals surface area (Å²) >= 11 is 0. The molecule has 1 atom stereocenters. The van der Waals surface area contributed by atoms with E-state index in [9.17, 15) is 10.1 Å². The van der Waals surface area contributed by atoms with E-state index in [2.05, 4.69) is 15.3 Å². The number of aromatic amines is 1. The minimum absolute atomic E-state index is 0.0185. The van der Waals surface area contributed by atoms with Gasteiger partial charge in [-0.3, -0.25) is 4.79 Å². The molecule has 0 aliphatic carbocycles. The Morgan fingerprint density at radius 2 is 1.86 bits per heavy atom. The number of pyridine rings is 1. The Bertz CT molecular complexity index is 1480. The third kappa shape index (κ3) is 5.00. The van der Waals surface area contributed by atoms with Crippen LogP contribution >= 0.6 is 0 Å². The average molecular weight is 483 g/mol. The Balaban J connectivity index is 1.60. The number of amides is 1. The molecular formula is C28H26N4O4. The molecule has 2 aromatic carbocycles. The van der Waals surface area contributed by atoms with Crippen molar-refractivity contribution in [3.05, 3.63) is 77.6 Å². The van der Waals surface area contributed by atoms with Gasteiger partial charge >= 0.3 is 0 Å². The van der Waals surface area contributed by atoms with Gasteiger partial charge in [0, 0.05) is 28.9 Å². The summed E-state index contributed by atoms with van der Waals surface area (Å²) in [6.45, 7) is 1.84. The molecular weight excluding hydrogens is 456 g/mol. The molecule has 1 amide bonds. The first-order chi connectivity index (χ1) is 17.5. The second-order valence-electron chi connectivity index (χ2n) is 8.08. The molecule has 0 aliphatic heterocycles. The minimum atomic E-state index is -0.481. The number of hydrogen-bond donors (Lipinski definition) is 2. The number of methoxy groups -OCH3 is 3. The van der Waals surface area contributed by atoms with Crippen molar-refractivity contribution in [2.45, 2.75) is 13.0 Å². The first kappa shape index (κ1) is 24.4. The number of nitrogens with zero attached hydrogens (tertiary/aromatic N) is 2. The highest BCUT2D eigenvalue weighted by Crippen LogP contribution is 2.30. The largest absolute Gasteiger partial charge is 0.497 e. The first-order valence-electron chi connectivity index (χ1n) is 11.2. The molecule has 36 heavy (non-hydrogen) atoms. The highest BCUT2D eigenvalue weighted by Gasteiger charge is 2.17. The number of carbonyl (C=O) groups is 1. The minimum Gasteiger partial charge on any atom is -0.497 e. The van der Waals surface area contributed by atoms with Gasteiger partial charge in [0.1, 0.15) is 23.0 Å². The summed E-state index contributed by atoms with van der Waals surface area (Å²) in [6, 6.07) is 16.7. The molecule has 182 valence electrons. The van der Waals surface area contributed by atoms with Crippen molar-refractivity contribution in [3.8, 4) is 34.4 Å².